The molecule has 21 heavy (non-hydrogen) atoms. The van der Waals surface area contributed by atoms with Crippen molar-refractivity contribution in [3.05, 3.63) is 29.8 Å². The average molecular weight is 318 g/mol. The van der Waals surface area contributed by atoms with E-state index >= 15 is 0 Å². The monoisotopic (exact) mass is 318 g/mol. The van der Waals surface area contributed by atoms with E-state index in [1.165, 1.54) is 0 Å². The Morgan fingerprint density at radius 1 is 1.38 bits per heavy atom. The number of sulfonamides is 1. The summed E-state index contributed by atoms with van der Waals surface area (Å²) in [6.07, 6.45) is 3.32. The van der Waals surface area contributed by atoms with Gasteiger partial charge in [-0.1, -0.05) is 19.8 Å². The highest BCUT2D eigenvalue weighted by molar-refractivity contribution is 7.89. The Morgan fingerprint density at radius 3 is 2.71 bits per heavy atom. The molecule has 3 N–H and O–H groups in total. The van der Waals surface area contributed by atoms with Gasteiger partial charge in [-0.3, -0.25) is 0 Å². The van der Waals surface area contributed by atoms with Crippen LogP contribution in [0.25, 0.3) is 0 Å². The maximum atomic E-state index is 13.7. The lowest BCUT2D eigenvalue weighted by molar-refractivity contribution is 0.191. The number of hydrogen-bond donors (Lipinski definition) is 2. The minimum atomic E-state index is -4.16. The van der Waals surface area contributed by atoms with Crippen molar-refractivity contribution in [3.63, 3.8) is 0 Å². The van der Waals surface area contributed by atoms with Crippen LogP contribution in [0, 0.1) is 17.6 Å². The molecule has 1 aromatic rings. The summed E-state index contributed by atoms with van der Waals surface area (Å²) in [5.74, 6) is -1.72. The van der Waals surface area contributed by atoms with E-state index in [1.807, 2.05) is 6.92 Å². The van der Waals surface area contributed by atoms with E-state index in [1.54, 1.807) is 0 Å². The van der Waals surface area contributed by atoms with Crippen molar-refractivity contribution in [2.24, 2.45) is 11.7 Å². The summed E-state index contributed by atoms with van der Waals surface area (Å²) < 4.78 is 54.3. The molecule has 2 rings (SSSR count). The maximum absolute atomic E-state index is 13.7. The zero-order valence-corrected chi connectivity index (χ0v) is 12.7. The lowest BCUT2D eigenvalue weighted by atomic mass is 9.74. The third kappa shape index (κ3) is 3.25. The number of nitrogens with one attached hydrogen (secondary N) is 1. The third-order valence-electron chi connectivity index (χ3n) is 4.34. The molecule has 2 atom stereocenters. The molecule has 0 amide bonds. The van der Waals surface area contributed by atoms with E-state index in [2.05, 4.69) is 4.72 Å². The highest BCUT2D eigenvalue weighted by Gasteiger charge is 2.41. The highest BCUT2D eigenvalue weighted by atomic mass is 32.2. The Hall–Kier alpha value is -1.05. The lowest BCUT2D eigenvalue weighted by Gasteiger charge is -2.42. The Bertz CT molecular complexity index is 621. The van der Waals surface area contributed by atoms with Gasteiger partial charge >= 0.3 is 0 Å². The molecule has 1 saturated carbocycles. The zero-order valence-electron chi connectivity index (χ0n) is 11.9. The number of halogens is 2. The van der Waals surface area contributed by atoms with Crippen LogP contribution in [0.5, 0.6) is 0 Å². The predicted octanol–water partition coefficient (Wildman–Crippen LogP) is 2.15. The second-order valence-electron chi connectivity index (χ2n) is 5.69. The molecule has 2 unspecified atom stereocenters. The Balaban J connectivity index is 2.37. The van der Waals surface area contributed by atoms with Gasteiger partial charge in [0.15, 0.2) is 0 Å². The molecule has 1 aliphatic carbocycles. The normalized spacial score (nSPS) is 26.8. The topological polar surface area (TPSA) is 72.2 Å². The fourth-order valence-electron chi connectivity index (χ4n) is 2.92. The molecule has 1 aromatic carbocycles. The summed E-state index contributed by atoms with van der Waals surface area (Å²) in [6, 6.07) is 2.38. The number of nitrogens with two attached hydrogens (primary N) is 1. The van der Waals surface area contributed by atoms with Crippen LogP contribution in [0.3, 0.4) is 0 Å². The summed E-state index contributed by atoms with van der Waals surface area (Å²) in [5.41, 5.74) is 4.99. The second kappa shape index (κ2) is 5.98. The summed E-state index contributed by atoms with van der Waals surface area (Å²) in [5, 5.41) is 0. The predicted molar refractivity (Wildman–Crippen MR) is 76.1 cm³/mol. The van der Waals surface area contributed by atoms with Gasteiger partial charge in [-0.25, -0.2) is 21.9 Å². The molecule has 0 aliphatic heterocycles. The first-order valence-corrected chi connectivity index (χ1v) is 8.48. The van der Waals surface area contributed by atoms with Crippen LogP contribution < -0.4 is 10.5 Å². The summed E-state index contributed by atoms with van der Waals surface area (Å²) in [7, 11) is -4.16. The van der Waals surface area contributed by atoms with E-state index in [4.69, 9.17) is 5.73 Å². The minimum Gasteiger partial charge on any atom is -0.329 e. The molecule has 7 heteroatoms. The molecule has 118 valence electrons. The van der Waals surface area contributed by atoms with Gasteiger partial charge in [0.2, 0.25) is 10.0 Å². The van der Waals surface area contributed by atoms with Crippen molar-refractivity contribution in [1.82, 2.24) is 4.72 Å². The van der Waals surface area contributed by atoms with Crippen LogP contribution in [0.4, 0.5) is 8.78 Å². The van der Waals surface area contributed by atoms with Gasteiger partial charge in [-0.2, -0.15) is 0 Å². The van der Waals surface area contributed by atoms with Crippen molar-refractivity contribution in [1.29, 1.82) is 0 Å². The Morgan fingerprint density at radius 2 is 2.10 bits per heavy atom. The fraction of sp³-hybridized carbons (Fsp3) is 0.571. The van der Waals surface area contributed by atoms with Crippen LogP contribution >= 0.6 is 0 Å². The number of rotatable bonds is 4. The molecule has 4 nitrogen and oxygen atoms in total. The molecule has 0 bridgehead atoms. The van der Waals surface area contributed by atoms with Gasteiger partial charge in [0.1, 0.15) is 16.5 Å². The first kappa shape index (κ1) is 16.3. The van der Waals surface area contributed by atoms with Gasteiger partial charge in [0, 0.05) is 12.1 Å². The van der Waals surface area contributed by atoms with Crippen molar-refractivity contribution in [2.75, 3.05) is 6.54 Å². The summed E-state index contributed by atoms with van der Waals surface area (Å²) in [4.78, 5) is -0.673. The third-order valence-corrected chi connectivity index (χ3v) is 5.91. The number of benzene rings is 1. The maximum Gasteiger partial charge on any atom is 0.244 e. The Kier molecular flexibility index (Phi) is 4.65. The van der Waals surface area contributed by atoms with Gasteiger partial charge in [0.05, 0.1) is 0 Å². The van der Waals surface area contributed by atoms with Crippen molar-refractivity contribution < 1.29 is 17.2 Å². The van der Waals surface area contributed by atoms with E-state index < -0.39 is 32.1 Å². The van der Waals surface area contributed by atoms with E-state index in [-0.39, 0.29) is 12.5 Å². The molecule has 0 saturated heterocycles. The van der Waals surface area contributed by atoms with Crippen molar-refractivity contribution in [3.8, 4) is 0 Å². The quantitative estimate of drug-likeness (QED) is 0.893. The van der Waals surface area contributed by atoms with E-state index in [0.29, 0.717) is 12.5 Å². The number of hydrogen-bond acceptors (Lipinski definition) is 3. The molecular formula is C14H20F2N2O2S. The molecule has 0 spiro atoms. The standard InChI is InChI=1S/C14H20F2N2O2S/c1-10-4-2-3-7-14(10,9-17)18-21(19,20)13-8-11(15)5-6-12(13)16/h5-6,8,10,18H,2-4,7,9,17H2,1H3. The lowest BCUT2D eigenvalue weighted by Crippen LogP contribution is -2.59. The van der Waals surface area contributed by atoms with Crippen LogP contribution in [0.15, 0.2) is 23.1 Å². The van der Waals surface area contributed by atoms with Crippen LogP contribution in [0.1, 0.15) is 32.6 Å². The van der Waals surface area contributed by atoms with Crippen molar-refractivity contribution >= 4 is 10.0 Å². The van der Waals surface area contributed by atoms with Gasteiger partial charge in [-0.15, -0.1) is 0 Å². The van der Waals surface area contributed by atoms with E-state index in [0.717, 1.165) is 31.4 Å². The molecular weight excluding hydrogens is 298 g/mol. The SMILES string of the molecule is CC1CCCCC1(CN)NS(=O)(=O)c1cc(F)ccc1F. The molecule has 0 heterocycles. The first-order chi connectivity index (χ1) is 9.81. The second-order valence-corrected chi connectivity index (χ2v) is 7.34. The fourth-order valence-corrected chi connectivity index (χ4v) is 4.54. The first-order valence-electron chi connectivity index (χ1n) is 7.00. The Labute approximate surface area is 123 Å². The van der Waals surface area contributed by atoms with Gasteiger partial charge < -0.3 is 5.73 Å². The van der Waals surface area contributed by atoms with Gasteiger partial charge in [0.25, 0.3) is 0 Å². The van der Waals surface area contributed by atoms with Crippen LogP contribution in [-0.2, 0) is 10.0 Å². The molecule has 1 fully saturated rings. The summed E-state index contributed by atoms with van der Waals surface area (Å²) in [6.45, 7) is 2.06. The van der Waals surface area contributed by atoms with Gasteiger partial charge in [-0.05, 0) is 37.0 Å². The van der Waals surface area contributed by atoms with Crippen LogP contribution in [0.2, 0.25) is 0 Å². The van der Waals surface area contributed by atoms with Crippen LogP contribution in [-0.4, -0.2) is 20.5 Å². The summed E-state index contributed by atoms with van der Waals surface area (Å²) >= 11 is 0. The average Bonchev–Trinajstić information content (AvgIpc) is 2.44. The zero-order chi connectivity index (χ0) is 15.7. The smallest absolute Gasteiger partial charge is 0.244 e. The molecule has 0 radical (unpaired) electrons. The largest absolute Gasteiger partial charge is 0.329 e. The highest BCUT2D eigenvalue weighted by Crippen LogP contribution is 2.34. The van der Waals surface area contributed by atoms with E-state index in [9.17, 15) is 17.2 Å². The molecule has 1 aliphatic rings. The minimum absolute atomic E-state index is 0.0441. The van der Waals surface area contributed by atoms with Crippen molar-refractivity contribution in [2.45, 2.75) is 43.0 Å². The molecule has 0 aromatic heterocycles.